The van der Waals surface area contributed by atoms with Crippen molar-refractivity contribution in [2.24, 2.45) is 0 Å². The van der Waals surface area contributed by atoms with Gasteiger partial charge in [0.25, 0.3) is 0 Å². The highest BCUT2D eigenvalue weighted by Crippen LogP contribution is 2.15. The van der Waals surface area contributed by atoms with Crippen LogP contribution >= 0.6 is 11.3 Å². The number of benzene rings is 1. The van der Waals surface area contributed by atoms with Crippen LogP contribution in [0.3, 0.4) is 0 Å². The maximum absolute atomic E-state index is 12.3. The molecule has 23 heavy (non-hydrogen) atoms. The van der Waals surface area contributed by atoms with Crippen molar-refractivity contribution in [2.75, 3.05) is 18.0 Å². The first kappa shape index (κ1) is 16.6. The second-order valence-electron chi connectivity index (χ2n) is 4.77. The van der Waals surface area contributed by atoms with Crippen LogP contribution in [0.15, 0.2) is 35.8 Å². The Labute approximate surface area is 138 Å². The molecule has 1 aromatic carbocycles. The summed E-state index contributed by atoms with van der Waals surface area (Å²) < 4.78 is 1.63. The highest BCUT2D eigenvalue weighted by molar-refractivity contribution is 7.12. The number of aromatic nitrogens is 2. The molecule has 6 nitrogen and oxygen atoms in total. The Balaban J connectivity index is 2.15. The van der Waals surface area contributed by atoms with E-state index in [1.54, 1.807) is 22.3 Å². The maximum Gasteiger partial charge on any atom is 0.358 e. The van der Waals surface area contributed by atoms with E-state index in [0.29, 0.717) is 31.5 Å². The molecule has 0 aliphatic heterocycles. The van der Waals surface area contributed by atoms with Crippen molar-refractivity contribution in [3.8, 4) is 12.1 Å². The van der Waals surface area contributed by atoms with Crippen LogP contribution in [0.4, 0.5) is 5.13 Å². The SMILES string of the molecule is N#CCCN(CCC#N)c1scn[n+]1CC(=O)c1ccccc1. The number of nitrogens with zero attached hydrogens (tertiary/aromatic N) is 5. The molecule has 0 bridgehead atoms. The predicted octanol–water partition coefficient (Wildman–Crippen LogP) is 1.95. The predicted molar refractivity (Wildman–Crippen MR) is 85.8 cm³/mol. The van der Waals surface area contributed by atoms with E-state index in [0.717, 1.165) is 5.13 Å². The number of rotatable bonds is 8. The lowest BCUT2D eigenvalue weighted by atomic mass is 10.1. The Kier molecular flexibility index (Phi) is 6.22. The van der Waals surface area contributed by atoms with Crippen LogP contribution in [-0.4, -0.2) is 24.0 Å². The van der Waals surface area contributed by atoms with Crippen molar-refractivity contribution >= 4 is 22.3 Å². The lowest BCUT2D eigenvalue weighted by Crippen LogP contribution is -2.45. The Hall–Kier alpha value is -2.77. The van der Waals surface area contributed by atoms with E-state index in [-0.39, 0.29) is 12.3 Å². The zero-order valence-corrected chi connectivity index (χ0v) is 13.4. The van der Waals surface area contributed by atoms with E-state index in [1.165, 1.54) is 11.3 Å². The third-order valence-corrected chi connectivity index (χ3v) is 4.09. The van der Waals surface area contributed by atoms with Gasteiger partial charge in [0.15, 0.2) is 6.54 Å². The number of hydrogen-bond donors (Lipinski definition) is 0. The minimum atomic E-state index is -0.0248. The lowest BCUT2D eigenvalue weighted by molar-refractivity contribution is -0.724. The van der Waals surface area contributed by atoms with E-state index in [9.17, 15) is 4.79 Å². The standard InChI is InChI=1S/C16H16N5OS/c17-8-4-10-20(11-5-9-18)16-21(19-13-23-16)12-15(22)14-6-2-1-3-7-14/h1-3,6-7,13H,4-5,10-12H2/q+1. The Bertz CT molecular complexity index is 711. The lowest BCUT2D eigenvalue weighted by Gasteiger charge is -2.13. The van der Waals surface area contributed by atoms with Gasteiger partial charge in [-0.2, -0.15) is 10.5 Å². The second-order valence-corrected chi connectivity index (χ2v) is 5.58. The molecule has 0 aliphatic rings. The summed E-state index contributed by atoms with van der Waals surface area (Å²) in [6.07, 6.45) is 0.714. The summed E-state index contributed by atoms with van der Waals surface area (Å²) in [5, 5.41) is 22.6. The maximum atomic E-state index is 12.3. The summed E-state index contributed by atoms with van der Waals surface area (Å²) in [4.78, 5) is 14.3. The van der Waals surface area contributed by atoms with Crippen LogP contribution in [0.1, 0.15) is 23.2 Å². The molecule has 2 aromatic rings. The van der Waals surface area contributed by atoms with Crippen molar-refractivity contribution in [2.45, 2.75) is 19.4 Å². The summed E-state index contributed by atoms with van der Waals surface area (Å²) in [6, 6.07) is 13.3. The van der Waals surface area contributed by atoms with Crippen LogP contribution < -0.4 is 9.58 Å². The van der Waals surface area contributed by atoms with Crippen LogP contribution in [0.5, 0.6) is 0 Å². The van der Waals surface area contributed by atoms with Crippen molar-refractivity contribution < 1.29 is 9.48 Å². The van der Waals surface area contributed by atoms with E-state index >= 15 is 0 Å². The molecule has 2 rings (SSSR count). The van der Waals surface area contributed by atoms with Crippen molar-refractivity contribution in [1.29, 1.82) is 10.5 Å². The molecule has 0 amide bonds. The fourth-order valence-corrected chi connectivity index (χ4v) is 2.93. The van der Waals surface area contributed by atoms with Gasteiger partial charge < -0.3 is 0 Å². The Morgan fingerprint density at radius 3 is 2.43 bits per heavy atom. The van der Waals surface area contributed by atoms with Crippen LogP contribution in [0, 0.1) is 22.7 Å². The van der Waals surface area contributed by atoms with Gasteiger partial charge in [0.05, 0.1) is 38.1 Å². The van der Waals surface area contributed by atoms with E-state index in [4.69, 9.17) is 10.5 Å². The highest BCUT2D eigenvalue weighted by Gasteiger charge is 2.24. The summed E-state index contributed by atoms with van der Waals surface area (Å²) in [6.45, 7) is 1.16. The molecule has 0 saturated carbocycles. The number of carbonyl (C=O) groups excluding carboxylic acids is 1. The minimum Gasteiger partial charge on any atom is -0.290 e. The first-order valence-corrected chi connectivity index (χ1v) is 8.05. The van der Waals surface area contributed by atoms with Crippen LogP contribution in [0.25, 0.3) is 0 Å². The molecule has 1 aromatic heterocycles. The molecule has 0 spiro atoms. The molecule has 0 radical (unpaired) electrons. The van der Waals surface area contributed by atoms with Crippen molar-refractivity contribution in [3.63, 3.8) is 0 Å². The second kappa shape index (κ2) is 8.62. The first-order chi connectivity index (χ1) is 11.3. The van der Waals surface area contributed by atoms with Crippen molar-refractivity contribution in [1.82, 2.24) is 5.10 Å². The van der Waals surface area contributed by atoms with Gasteiger partial charge in [-0.15, -0.1) is 4.68 Å². The number of hydrogen-bond acceptors (Lipinski definition) is 6. The van der Waals surface area contributed by atoms with Gasteiger partial charge in [-0.05, 0) is 11.3 Å². The third-order valence-electron chi connectivity index (χ3n) is 3.21. The Morgan fingerprint density at radius 1 is 1.17 bits per heavy atom. The average molecular weight is 326 g/mol. The Morgan fingerprint density at radius 2 is 1.83 bits per heavy atom. The minimum absolute atomic E-state index is 0.0248. The number of nitriles is 2. The van der Waals surface area contributed by atoms with Gasteiger partial charge in [-0.25, -0.2) is 4.90 Å². The van der Waals surface area contributed by atoms with Crippen LogP contribution in [0.2, 0.25) is 0 Å². The van der Waals surface area contributed by atoms with E-state index in [2.05, 4.69) is 17.2 Å². The van der Waals surface area contributed by atoms with E-state index < -0.39 is 0 Å². The molecule has 116 valence electrons. The van der Waals surface area contributed by atoms with Crippen molar-refractivity contribution in [3.05, 3.63) is 41.4 Å². The average Bonchev–Trinajstić information content (AvgIpc) is 3.04. The van der Waals surface area contributed by atoms with Gasteiger partial charge in [0.2, 0.25) is 5.78 Å². The molecular weight excluding hydrogens is 310 g/mol. The number of Topliss-reactive ketones (excluding diaryl/α,β-unsaturated/α-hetero) is 1. The molecule has 0 unspecified atom stereocenters. The van der Waals surface area contributed by atoms with Gasteiger partial charge >= 0.3 is 5.13 Å². The summed E-state index contributed by atoms with van der Waals surface area (Å²) in [7, 11) is 0. The highest BCUT2D eigenvalue weighted by atomic mass is 32.1. The molecule has 0 atom stereocenters. The monoisotopic (exact) mass is 326 g/mol. The first-order valence-electron chi connectivity index (χ1n) is 7.17. The zero-order chi connectivity index (χ0) is 16.5. The van der Waals surface area contributed by atoms with E-state index in [1.807, 2.05) is 23.1 Å². The topological polar surface area (TPSA) is 84.7 Å². The number of anilines is 1. The summed E-state index contributed by atoms with van der Waals surface area (Å²) >= 11 is 1.40. The molecule has 0 fully saturated rings. The zero-order valence-electron chi connectivity index (χ0n) is 12.6. The van der Waals surface area contributed by atoms with Gasteiger partial charge in [0.1, 0.15) is 5.51 Å². The molecule has 0 saturated heterocycles. The van der Waals surface area contributed by atoms with Gasteiger partial charge in [-0.1, -0.05) is 35.4 Å². The normalized spacial score (nSPS) is 9.83. The molecule has 0 aliphatic carbocycles. The summed E-state index contributed by atoms with van der Waals surface area (Å²) in [5.74, 6) is -0.0248. The molecule has 0 N–H and O–H groups in total. The largest absolute Gasteiger partial charge is 0.358 e. The van der Waals surface area contributed by atoms with Gasteiger partial charge in [0, 0.05) is 5.56 Å². The number of ketones is 1. The fourth-order valence-electron chi connectivity index (χ4n) is 2.11. The third kappa shape index (κ3) is 4.60. The fraction of sp³-hybridized carbons (Fsp3) is 0.312. The quantitative estimate of drug-likeness (QED) is 0.547. The molecule has 1 heterocycles. The molecular formula is C16H16N5OS+. The van der Waals surface area contributed by atoms with Crippen LogP contribution in [-0.2, 0) is 6.54 Å². The summed E-state index contributed by atoms with van der Waals surface area (Å²) in [5.41, 5.74) is 2.30. The van der Waals surface area contributed by atoms with Gasteiger partial charge in [-0.3, -0.25) is 4.79 Å². The number of carbonyl (C=O) groups is 1. The smallest absolute Gasteiger partial charge is 0.290 e. The molecule has 7 heteroatoms.